The molecule has 0 atom stereocenters. The van der Waals surface area contributed by atoms with E-state index in [1.54, 1.807) is 21.3 Å². The molecule has 0 bridgehead atoms. The van der Waals surface area contributed by atoms with Crippen molar-refractivity contribution in [1.82, 2.24) is 10.6 Å². The summed E-state index contributed by atoms with van der Waals surface area (Å²) in [5, 5.41) is 6.87. The van der Waals surface area contributed by atoms with Crippen LogP contribution in [0.15, 0.2) is 17.1 Å². The molecule has 0 unspecified atom stereocenters. The van der Waals surface area contributed by atoms with Crippen LogP contribution in [-0.4, -0.2) is 47.4 Å². The molecule has 0 aromatic heterocycles. The lowest BCUT2D eigenvalue weighted by Gasteiger charge is -2.41. The molecule has 0 spiro atoms. The van der Waals surface area contributed by atoms with Gasteiger partial charge < -0.3 is 24.8 Å². The Balaban J connectivity index is 0.00000364. The molecule has 0 heterocycles. The smallest absolute Gasteiger partial charge is 0.191 e. The van der Waals surface area contributed by atoms with Gasteiger partial charge in [0.2, 0.25) is 0 Å². The van der Waals surface area contributed by atoms with Gasteiger partial charge in [-0.05, 0) is 31.1 Å². The maximum atomic E-state index is 5.51. The first-order valence-electron chi connectivity index (χ1n) is 9.34. The monoisotopic (exact) mass is 491 g/mol. The number of guanidine groups is 1. The van der Waals surface area contributed by atoms with Crippen molar-refractivity contribution in [3.05, 3.63) is 17.7 Å². The minimum absolute atomic E-state index is 0. The molecule has 1 aromatic carbocycles. The molecule has 154 valence electrons. The van der Waals surface area contributed by atoms with Crippen molar-refractivity contribution in [2.24, 2.45) is 10.4 Å². The first-order chi connectivity index (χ1) is 12.6. The SMILES string of the molecule is CCC1(CNC(=NC)NCCc2c(OC)cc(OC)cc2OC)CCC1.I. The molecule has 0 amide bonds. The van der Waals surface area contributed by atoms with Crippen molar-refractivity contribution in [3.8, 4) is 17.2 Å². The van der Waals surface area contributed by atoms with Gasteiger partial charge in [0, 0.05) is 37.8 Å². The van der Waals surface area contributed by atoms with E-state index in [9.17, 15) is 0 Å². The zero-order chi connectivity index (χ0) is 19.0. The predicted molar refractivity (Wildman–Crippen MR) is 121 cm³/mol. The van der Waals surface area contributed by atoms with Crippen LogP contribution >= 0.6 is 24.0 Å². The van der Waals surface area contributed by atoms with Gasteiger partial charge in [0.25, 0.3) is 0 Å². The predicted octanol–water partition coefficient (Wildman–Crippen LogP) is 3.62. The number of ether oxygens (including phenoxy) is 3. The Morgan fingerprint density at radius 2 is 1.70 bits per heavy atom. The number of nitrogens with zero attached hydrogens (tertiary/aromatic N) is 1. The van der Waals surface area contributed by atoms with E-state index >= 15 is 0 Å². The maximum Gasteiger partial charge on any atom is 0.191 e. The minimum atomic E-state index is 0. The van der Waals surface area contributed by atoms with Crippen LogP contribution in [0.3, 0.4) is 0 Å². The number of aliphatic imine (C=N–C) groups is 1. The molecule has 0 saturated heterocycles. The summed E-state index contributed by atoms with van der Waals surface area (Å²) >= 11 is 0. The highest BCUT2D eigenvalue weighted by atomic mass is 127. The second kappa shape index (κ2) is 11.5. The summed E-state index contributed by atoms with van der Waals surface area (Å²) in [5.41, 5.74) is 1.47. The molecule has 2 N–H and O–H groups in total. The Hall–Kier alpha value is -1.38. The van der Waals surface area contributed by atoms with E-state index in [-0.39, 0.29) is 24.0 Å². The zero-order valence-corrected chi connectivity index (χ0v) is 19.5. The number of nitrogens with one attached hydrogen (secondary N) is 2. The van der Waals surface area contributed by atoms with Crippen LogP contribution in [0.1, 0.15) is 38.2 Å². The van der Waals surface area contributed by atoms with Crippen molar-refractivity contribution >= 4 is 29.9 Å². The Morgan fingerprint density at radius 1 is 1.07 bits per heavy atom. The van der Waals surface area contributed by atoms with Gasteiger partial charge in [0.05, 0.1) is 21.3 Å². The van der Waals surface area contributed by atoms with Gasteiger partial charge in [-0.25, -0.2) is 0 Å². The quantitative estimate of drug-likeness (QED) is 0.314. The molecular weight excluding hydrogens is 457 g/mol. The summed E-state index contributed by atoms with van der Waals surface area (Å²) in [6, 6.07) is 3.76. The summed E-state index contributed by atoms with van der Waals surface area (Å²) in [4.78, 5) is 4.34. The van der Waals surface area contributed by atoms with Crippen LogP contribution in [0.5, 0.6) is 17.2 Å². The maximum absolute atomic E-state index is 5.51. The molecule has 1 aromatic rings. The number of hydrogen-bond donors (Lipinski definition) is 2. The Morgan fingerprint density at radius 3 is 2.11 bits per heavy atom. The highest BCUT2D eigenvalue weighted by Gasteiger charge is 2.34. The molecule has 1 aliphatic rings. The summed E-state index contributed by atoms with van der Waals surface area (Å²) in [7, 11) is 6.77. The van der Waals surface area contributed by atoms with E-state index in [0.29, 0.717) is 5.41 Å². The Labute approximate surface area is 180 Å². The summed E-state index contributed by atoms with van der Waals surface area (Å²) in [6.07, 6.45) is 5.95. The van der Waals surface area contributed by atoms with Crippen molar-refractivity contribution in [2.75, 3.05) is 41.5 Å². The lowest BCUT2D eigenvalue weighted by atomic mass is 9.67. The molecule has 1 aliphatic carbocycles. The van der Waals surface area contributed by atoms with Gasteiger partial charge in [0.15, 0.2) is 5.96 Å². The van der Waals surface area contributed by atoms with E-state index in [0.717, 1.165) is 48.3 Å². The lowest BCUT2D eigenvalue weighted by molar-refractivity contribution is 0.131. The van der Waals surface area contributed by atoms with Crippen molar-refractivity contribution in [3.63, 3.8) is 0 Å². The fraction of sp³-hybridized carbons (Fsp3) is 0.650. The molecule has 27 heavy (non-hydrogen) atoms. The van der Waals surface area contributed by atoms with E-state index in [1.807, 2.05) is 19.2 Å². The zero-order valence-electron chi connectivity index (χ0n) is 17.2. The second-order valence-corrected chi connectivity index (χ2v) is 6.82. The highest BCUT2D eigenvalue weighted by molar-refractivity contribution is 14.0. The highest BCUT2D eigenvalue weighted by Crippen LogP contribution is 2.43. The van der Waals surface area contributed by atoms with Crippen LogP contribution in [0.25, 0.3) is 0 Å². The largest absolute Gasteiger partial charge is 0.496 e. The summed E-state index contributed by atoms with van der Waals surface area (Å²) in [6.45, 7) is 4.00. The second-order valence-electron chi connectivity index (χ2n) is 6.82. The van der Waals surface area contributed by atoms with Crippen LogP contribution in [-0.2, 0) is 6.42 Å². The first-order valence-corrected chi connectivity index (χ1v) is 9.34. The van der Waals surface area contributed by atoms with Crippen LogP contribution in [0, 0.1) is 5.41 Å². The number of rotatable bonds is 9. The first kappa shape index (κ1) is 23.7. The summed E-state index contributed by atoms with van der Waals surface area (Å²) < 4.78 is 16.3. The topological polar surface area (TPSA) is 64.1 Å². The van der Waals surface area contributed by atoms with E-state index in [2.05, 4.69) is 22.5 Å². The molecule has 6 nitrogen and oxygen atoms in total. The third-order valence-electron chi connectivity index (χ3n) is 5.50. The molecular formula is C20H34IN3O3. The van der Waals surface area contributed by atoms with E-state index < -0.39 is 0 Å². The fourth-order valence-corrected chi connectivity index (χ4v) is 3.45. The van der Waals surface area contributed by atoms with Crippen LogP contribution in [0.4, 0.5) is 0 Å². The van der Waals surface area contributed by atoms with E-state index in [4.69, 9.17) is 14.2 Å². The minimum Gasteiger partial charge on any atom is -0.496 e. The van der Waals surface area contributed by atoms with Crippen molar-refractivity contribution in [1.29, 1.82) is 0 Å². The lowest BCUT2D eigenvalue weighted by Crippen LogP contribution is -2.46. The van der Waals surface area contributed by atoms with Crippen molar-refractivity contribution in [2.45, 2.75) is 39.0 Å². The third-order valence-corrected chi connectivity index (χ3v) is 5.50. The van der Waals surface area contributed by atoms with Gasteiger partial charge in [-0.2, -0.15) is 0 Å². The number of methoxy groups -OCH3 is 3. The standard InChI is InChI=1S/C20H33N3O3.HI/c1-6-20(9-7-10-20)14-23-19(21-2)22-11-8-16-17(25-4)12-15(24-3)13-18(16)26-5;/h12-13H,6-11,14H2,1-5H3,(H2,21,22,23);1H. The number of halogens is 1. The normalized spacial score (nSPS) is 15.2. The molecule has 7 heteroatoms. The Kier molecular flexibility index (Phi) is 10.0. The fourth-order valence-electron chi connectivity index (χ4n) is 3.45. The number of benzene rings is 1. The number of hydrogen-bond acceptors (Lipinski definition) is 4. The molecule has 0 radical (unpaired) electrons. The average molecular weight is 491 g/mol. The summed E-state index contributed by atoms with van der Waals surface area (Å²) in [5.74, 6) is 3.10. The van der Waals surface area contributed by atoms with Gasteiger partial charge in [-0.1, -0.05) is 13.3 Å². The van der Waals surface area contributed by atoms with Gasteiger partial charge in [-0.15, -0.1) is 24.0 Å². The molecule has 1 fully saturated rings. The van der Waals surface area contributed by atoms with Crippen molar-refractivity contribution < 1.29 is 14.2 Å². The van der Waals surface area contributed by atoms with Gasteiger partial charge >= 0.3 is 0 Å². The Bertz CT molecular complexity index is 588. The van der Waals surface area contributed by atoms with E-state index in [1.165, 1.54) is 25.7 Å². The molecule has 1 saturated carbocycles. The molecule has 0 aliphatic heterocycles. The molecule has 2 rings (SSSR count). The van der Waals surface area contributed by atoms with Crippen LogP contribution in [0.2, 0.25) is 0 Å². The van der Waals surface area contributed by atoms with Crippen LogP contribution < -0.4 is 24.8 Å². The third kappa shape index (κ3) is 6.05. The average Bonchev–Trinajstić information content (AvgIpc) is 2.65. The van der Waals surface area contributed by atoms with Gasteiger partial charge in [-0.3, -0.25) is 4.99 Å². The van der Waals surface area contributed by atoms with Gasteiger partial charge in [0.1, 0.15) is 17.2 Å².